The summed E-state index contributed by atoms with van der Waals surface area (Å²) in [5.74, 6) is 1.48. The molecule has 0 radical (unpaired) electrons. The van der Waals surface area contributed by atoms with Gasteiger partial charge >= 0.3 is 116 Å². The van der Waals surface area contributed by atoms with E-state index in [0.29, 0.717) is 95.4 Å². The number of phenols is 2. The van der Waals surface area contributed by atoms with Gasteiger partial charge in [-0.3, -0.25) is 27.6 Å². The van der Waals surface area contributed by atoms with Gasteiger partial charge in [0, 0.05) is 94.8 Å². The van der Waals surface area contributed by atoms with Gasteiger partial charge in [0.15, 0.2) is 69.2 Å². The van der Waals surface area contributed by atoms with Gasteiger partial charge in [0.25, 0.3) is 6.47 Å². The molecule has 0 aliphatic heterocycles. The Labute approximate surface area is 927 Å². The number of esters is 1. The van der Waals surface area contributed by atoms with Crippen molar-refractivity contribution in [2.45, 2.75) is 45.0 Å². The van der Waals surface area contributed by atoms with Crippen LogP contribution in [0.4, 0.5) is 0 Å². The number of ether oxygens (including phenoxy) is 4. The van der Waals surface area contributed by atoms with Crippen LogP contribution in [0.1, 0.15) is 68.0 Å². The first-order valence-corrected chi connectivity index (χ1v) is 49.8. The third-order valence-electron chi connectivity index (χ3n) is 19.0. The van der Waals surface area contributed by atoms with Crippen molar-refractivity contribution in [1.82, 2.24) is 0 Å². The van der Waals surface area contributed by atoms with E-state index in [4.69, 9.17) is 89.6 Å². The molecule has 0 spiro atoms. The fourth-order valence-corrected chi connectivity index (χ4v) is 18.6. The number of nitrogens with two attached hydrogens (primary N) is 1. The second-order valence-corrected chi connectivity index (χ2v) is 37.1. The zero-order valence-electron chi connectivity index (χ0n) is 74.6. The van der Waals surface area contributed by atoms with E-state index in [2.05, 4.69) is 96.7 Å². The van der Waals surface area contributed by atoms with Crippen molar-refractivity contribution >= 4 is 280 Å². The molecule has 698 valence electrons. The normalized spacial score (nSPS) is 11.1. The molecule has 0 fully saturated rings. The number of carbonyl (C=O) groups excluding carboxylic acids is 4. The largest absolute Gasteiger partial charge is 1.00 e. The van der Waals surface area contributed by atoms with Gasteiger partial charge in [-0.2, -0.15) is 11.8 Å². The van der Waals surface area contributed by atoms with Crippen molar-refractivity contribution in [2.24, 2.45) is 5.73 Å². The predicted molar refractivity (Wildman–Crippen MR) is 544 cm³/mol. The van der Waals surface area contributed by atoms with Crippen molar-refractivity contribution in [2.75, 3.05) is 36.7 Å². The minimum Gasteiger partial charge on any atom is -1.00 e. The number of carbonyl (C=O) groups is 4. The van der Waals surface area contributed by atoms with Crippen LogP contribution in [0.5, 0.6) is 28.7 Å². The maximum atomic E-state index is 12.0. The van der Waals surface area contributed by atoms with Crippen LogP contribution in [0.3, 0.4) is 0 Å². The Morgan fingerprint density at radius 1 is 0.478 bits per heavy atom. The Morgan fingerprint density at radius 2 is 0.853 bits per heavy atom. The summed E-state index contributed by atoms with van der Waals surface area (Å²) in [6.45, 7) is 3.38. The molecular weight excluding hydrogens is 2230 g/mol. The number of benzene rings is 10. The van der Waals surface area contributed by atoms with E-state index in [9.17, 15) is 27.9 Å². The van der Waals surface area contributed by atoms with Crippen molar-refractivity contribution < 1.29 is 221 Å². The Balaban J connectivity index is 0.000000219. The first-order valence-electron chi connectivity index (χ1n) is 39.6. The maximum Gasteiger partial charge on any atom is 1.00 e. The van der Waals surface area contributed by atoms with Gasteiger partial charge in [0.1, 0.15) is 42.2 Å². The molecule has 10 aromatic carbocycles. The molecule has 0 aliphatic carbocycles. The summed E-state index contributed by atoms with van der Waals surface area (Å²) < 4.78 is 98.1. The summed E-state index contributed by atoms with van der Waals surface area (Å²) in [6, 6.07) is 59.7. The smallest absolute Gasteiger partial charge is 1.00 e. The molecule has 0 bridgehead atoms. The number of hydrogen-bond donors (Lipinski definition) is 5. The molecule has 19 rings (SSSR count). The monoisotopic (exact) mass is 2310 g/mol. The Morgan fingerprint density at radius 3 is 1.25 bits per heavy atom. The summed E-state index contributed by atoms with van der Waals surface area (Å²) in [7, 11) is -3.07. The van der Waals surface area contributed by atoms with Crippen molar-refractivity contribution in [3.8, 4) is 28.7 Å². The summed E-state index contributed by atoms with van der Waals surface area (Å²) in [5, 5.41) is 54.8. The molecule has 2 atom stereocenters. The summed E-state index contributed by atoms with van der Waals surface area (Å²) >= 11 is 20.5. The summed E-state index contributed by atoms with van der Waals surface area (Å²) in [6.07, 6.45) is 25.2. The van der Waals surface area contributed by atoms with Crippen molar-refractivity contribution in [1.29, 1.82) is 0 Å². The fourth-order valence-electron chi connectivity index (χ4n) is 13.0. The standard InChI is InChI=1S/C21H17BrO5.C21H17BrO4S2.C18H11BrO4.C9H6Br2O.C9H6O3.C8H6O2.C7H10BNO2.C3H8OS2.CH2O3.ClH.2K.H/c1-2-24-18(23)11-15-4-3-14-5-7-26-20(14)21(15)27-12-13-9-16-6-8-25-19(16)17(22)10-13;1-27-18(28(2)23)11-15-4-3-14-5-7-25-20(14)21(15)26-12-13-9-16-6-8-24-19(16)17(22)10-13;19-15-8-11(7-13-4-6-21-16(13)15)10-23-18-14(9-20)2-1-12-3-5-22-17(12)18;10-5-6-3-7-1-2-12-9(7)8(11)4-6;10-5-7-2-1-6-3-4-12-9(6)8(7)11;9-7-3-1-2-6-4-5-10-8(6)7;9-5-6-2-1-3-7(4-6)8(10)11;1-5-3-6(2)4;2-1-4-3;;;;/h3-10H,2,11-12H2,1H3;3-11H,12H2,1-2H3;1-9H,10H2;1-4H,5H2;1-5,11H;1-5,9H;1-4,10-11H,5,9H2;3H2,1-2H3;1,3H;1H;;;/q;;;;;;;;;;2*+1;-1/p-1/b;18-11+;;;;;;;;;;;. The third kappa shape index (κ3) is 31.5. The second kappa shape index (κ2) is 57.6. The SMILES string of the molecule is BrCc1cc(Br)c2occc2c1.CCOC(=O)Cc1ccc2ccoc2c1OCc1cc(Br)c2occc2c1.CS/C(=C\c1ccc2ccoc2c1OCc1cc(Br)c2occc2c1)S(C)=O.CSCS(C)=O.Cl.NCc1cccc(B(O)O)c1.O=CO[O-].O=Cc1ccc2ccoc2c1O.O=Cc1ccc2ccoc2c1OCc1cc(Br)c2occc2c1.Oc1cccc2ccoc12.[H-].[K+].[K+]. The number of fused-ring (bicyclic) bond motifs is 9. The van der Waals surface area contributed by atoms with Crippen LogP contribution in [0.25, 0.3) is 105 Å². The van der Waals surface area contributed by atoms with Gasteiger partial charge in [-0.05, 0) is 244 Å². The minimum absolute atomic E-state index is 0. The van der Waals surface area contributed by atoms with E-state index < -0.39 is 28.7 Å². The van der Waals surface area contributed by atoms with Crippen LogP contribution < -0.4 is 133 Å². The number of para-hydroxylation sites is 1. The van der Waals surface area contributed by atoms with Crippen molar-refractivity contribution in [3.05, 3.63) is 323 Å². The third-order valence-corrected chi connectivity index (χ3v) is 26.7. The predicted octanol–water partition coefficient (Wildman–Crippen LogP) is 18.2. The van der Waals surface area contributed by atoms with Crippen LogP contribution in [-0.2, 0) is 78.9 Å². The van der Waals surface area contributed by atoms with Gasteiger partial charge in [-0.15, -0.1) is 24.2 Å². The van der Waals surface area contributed by atoms with Gasteiger partial charge in [0.05, 0.1) is 119 Å². The van der Waals surface area contributed by atoms with E-state index in [0.717, 1.165) is 143 Å². The van der Waals surface area contributed by atoms with Crippen LogP contribution in [0, 0.1) is 0 Å². The van der Waals surface area contributed by atoms with Crippen molar-refractivity contribution in [3.63, 3.8) is 0 Å². The van der Waals surface area contributed by atoms with Crippen LogP contribution >= 0.6 is 116 Å². The Kier molecular flexibility index (Phi) is 48.0. The average Bonchev–Trinajstić information content (AvgIpc) is 1.70. The van der Waals surface area contributed by atoms with Gasteiger partial charge in [0.2, 0.25) is 0 Å². The molecule has 2 unspecified atom stereocenters. The molecule has 0 saturated heterocycles. The van der Waals surface area contributed by atoms with Crippen LogP contribution in [-0.4, -0.2) is 97.5 Å². The molecule has 19 aromatic rings. The molecule has 136 heavy (non-hydrogen) atoms. The number of phenolic OH excluding ortho intramolecular Hbond substituents is 2. The molecule has 39 heteroatoms. The summed E-state index contributed by atoms with van der Waals surface area (Å²) in [4.78, 5) is 44.8. The molecule has 0 aliphatic rings. The molecule has 9 aromatic heterocycles. The number of hydrogen-bond acceptors (Lipinski definition) is 28. The topological polar surface area (TPSA) is 397 Å². The molecule has 0 amide bonds. The Bertz CT molecular complexity index is 7240. The molecular formula is C97H84BBr5ClK2NO25S4. The molecule has 9 heterocycles. The zero-order valence-corrected chi connectivity index (χ0v) is 91.8. The van der Waals surface area contributed by atoms with Gasteiger partial charge in [-0.25, -0.2) is 0 Å². The van der Waals surface area contributed by atoms with Gasteiger partial charge < -0.3 is 96.3 Å². The number of rotatable bonds is 23. The fraction of sp³-hybridized carbons (Fsp3) is 0.134. The van der Waals surface area contributed by atoms with E-state index in [-0.39, 0.29) is 153 Å². The quantitative estimate of drug-likeness (QED) is 0.00991. The first-order chi connectivity index (χ1) is 64.4. The van der Waals surface area contributed by atoms with Gasteiger partial charge in [-0.1, -0.05) is 88.7 Å². The number of furan rings is 9. The zero-order chi connectivity index (χ0) is 95.0. The number of thioether (sulfide) groups is 2. The van der Waals surface area contributed by atoms with E-state index >= 15 is 0 Å². The average molecular weight is 2320 g/mol. The molecule has 0 saturated carbocycles. The molecule has 6 N–H and O–H groups in total. The van der Waals surface area contributed by atoms with Crippen LogP contribution in [0.15, 0.2) is 312 Å². The van der Waals surface area contributed by atoms with E-state index in [1.807, 2.05) is 146 Å². The van der Waals surface area contributed by atoms with Crippen LogP contribution in [0.2, 0.25) is 0 Å². The Hall–Kier alpha value is -8.05. The number of aromatic hydroxyl groups is 2. The number of alkyl halides is 1. The summed E-state index contributed by atoms with van der Waals surface area (Å²) in [5.41, 5.74) is 19.4. The van der Waals surface area contributed by atoms with E-state index in [1.165, 1.54) is 23.6 Å². The molecule has 26 nitrogen and oxygen atoms in total. The minimum atomic E-state index is -1.40. The number of halogens is 6. The maximum absolute atomic E-state index is 12.0. The second-order valence-electron chi connectivity index (χ2n) is 28.0. The first kappa shape index (κ1) is 113. The number of aldehydes is 2. The van der Waals surface area contributed by atoms with E-state index in [1.54, 1.807) is 136 Å².